The van der Waals surface area contributed by atoms with Crippen LogP contribution in [0.25, 0.3) is 0 Å². The topological polar surface area (TPSA) is 92.5 Å². The number of hydrogen-bond acceptors (Lipinski definition) is 5. The second-order valence-corrected chi connectivity index (χ2v) is 3.43. The molecule has 2 rings (SSSR count). The Hall–Kier alpha value is -2.47. The van der Waals surface area contributed by atoms with E-state index in [1.54, 1.807) is 24.3 Å². The number of aliphatic hydroxyl groups is 1. The van der Waals surface area contributed by atoms with E-state index in [1.807, 2.05) is 0 Å². The van der Waals surface area contributed by atoms with E-state index in [0.717, 1.165) is 0 Å². The zero-order valence-corrected chi connectivity index (χ0v) is 9.28. The maximum atomic E-state index is 10.6. The Morgan fingerprint density at radius 2 is 1.94 bits per heavy atom. The molecule has 0 spiro atoms. The summed E-state index contributed by atoms with van der Waals surface area (Å²) in [5.74, 6) is -0.525. The van der Waals surface area contributed by atoms with Crippen molar-refractivity contribution in [2.45, 2.75) is 6.61 Å². The average molecular weight is 246 g/mol. The number of rotatable bonds is 4. The number of para-hydroxylation sites is 1. The van der Waals surface area contributed by atoms with E-state index in [4.69, 9.17) is 14.9 Å². The van der Waals surface area contributed by atoms with Gasteiger partial charge < -0.3 is 14.9 Å². The zero-order chi connectivity index (χ0) is 13.0. The summed E-state index contributed by atoms with van der Waals surface area (Å²) in [5, 5.41) is 24.9. The molecule has 0 saturated heterocycles. The van der Waals surface area contributed by atoms with Crippen LogP contribution in [-0.4, -0.2) is 26.4 Å². The first-order valence-corrected chi connectivity index (χ1v) is 5.14. The first kappa shape index (κ1) is 12.0. The number of ether oxygens (including phenoxy) is 1. The van der Waals surface area contributed by atoms with Crippen LogP contribution in [0.15, 0.2) is 36.4 Å². The van der Waals surface area contributed by atoms with E-state index in [9.17, 15) is 4.79 Å². The molecule has 0 atom stereocenters. The van der Waals surface area contributed by atoms with Gasteiger partial charge in [0.05, 0.1) is 6.61 Å². The number of aromatic carboxylic acids is 1. The highest BCUT2D eigenvalue weighted by molar-refractivity contribution is 5.84. The van der Waals surface area contributed by atoms with Gasteiger partial charge in [-0.25, -0.2) is 4.79 Å². The molecule has 2 aromatic rings. The molecule has 0 aliphatic heterocycles. The number of hydrogen-bond donors (Lipinski definition) is 2. The SMILES string of the molecule is O=C(O)c1ccc(Oc2ccccc2CO)nn1. The van der Waals surface area contributed by atoms with E-state index in [0.29, 0.717) is 11.3 Å². The molecule has 1 aromatic carbocycles. The van der Waals surface area contributed by atoms with E-state index >= 15 is 0 Å². The minimum atomic E-state index is -1.15. The van der Waals surface area contributed by atoms with Gasteiger partial charge in [-0.2, -0.15) is 0 Å². The van der Waals surface area contributed by atoms with Gasteiger partial charge in [0.25, 0.3) is 0 Å². The van der Waals surface area contributed by atoms with Crippen LogP contribution in [0.1, 0.15) is 16.1 Å². The minimum absolute atomic E-state index is 0.155. The van der Waals surface area contributed by atoms with Crippen LogP contribution in [0.3, 0.4) is 0 Å². The maximum Gasteiger partial charge on any atom is 0.356 e. The summed E-state index contributed by atoms with van der Waals surface area (Å²) in [6.45, 7) is -0.156. The predicted octanol–water partition coefficient (Wildman–Crippen LogP) is 1.46. The Morgan fingerprint density at radius 3 is 2.56 bits per heavy atom. The Morgan fingerprint density at radius 1 is 1.17 bits per heavy atom. The molecule has 0 radical (unpaired) electrons. The van der Waals surface area contributed by atoms with Crippen LogP contribution in [0, 0.1) is 0 Å². The van der Waals surface area contributed by atoms with Gasteiger partial charge in [-0.05, 0) is 12.1 Å². The van der Waals surface area contributed by atoms with E-state index in [1.165, 1.54) is 12.1 Å². The zero-order valence-electron chi connectivity index (χ0n) is 9.28. The fourth-order valence-corrected chi connectivity index (χ4v) is 1.34. The average Bonchev–Trinajstić information content (AvgIpc) is 2.40. The fraction of sp³-hybridized carbons (Fsp3) is 0.0833. The monoisotopic (exact) mass is 246 g/mol. The number of aromatic nitrogens is 2. The molecule has 0 amide bonds. The molecule has 6 nitrogen and oxygen atoms in total. The van der Waals surface area contributed by atoms with Crippen LogP contribution < -0.4 is 4.74 Å². The Balaban J connectivity index is 2.21. The fourth-order valence-electron chi connectivity index (χ4n) is 1.34. The third kappa shape index (κ3) is 2.61. The molecule has 0 aliphatic carbocycles. The number of nitrogens with zero attached hydrogens (tertiary/aromatic N) is 2. The first-order chi connectivity index (χ1) is 8.70. The summed E-state index contributed by atoms with van der Waals surface area (Å²) in [5.41, 5.74) is 0.458. The lowest BCUT2D eigenvalue weighted by Gasteiger charge is -2.07. The lowest BCUT2D eigenvalue weighted by Crippen LogP contribution is -2.02. The van der Waals surface area contributed by atoms with Crippen LogP contribution in [0.4, 0.5) is 0 Å². The summed E-state index contributed by atoms with van der Waals surface area (Å²) in [6.07, 6.45) is 0. The number of carboxylic acids is 1. The molecule has 0 fully saturated rings. The summed E-state index contributed by atoms with van der Waals surface area (Å²) in [4.78, 5) is 10.6. The highest BCUT2D eigenvalue weighted by Crippen LogP contribution is 2.23. The normalized spacial score (nSPS) is 10.1. The molecular weight excluding hydrogens is 236 g/mol. The molecule has 0 saturated carbocycles. The van der Waals surface area contributed by atoms with Crippen molar-refractivity contribution in [1.82, 2.24) is 10.2 Å². The number of benzene rings is 1. The predicted molar refractivity (Wildman–Crippen MR) is 61.4 cm³/mol. The van der Waals surface area contributed by atoms with E-state index in [-0.39, 0.29) is 18.2 Å². The summed E-state index contributed by atoms with van der Waals surface area (Å²) in [7, 11) is 0. The van der Waals surface area contributed by atoms with Crippen molar-refractivity contribution in [2.24, 2.45) is 0 Å². The van der Waals surface area contributed by atoms with E-state index < -0.39 is 5.97 Å². The van der Waals surface area contributed by atoms with Crippen molar-refractivity contribution in [1.29, 1.82) is 0 Å². The molecule has 1 heterocycles. The third-order valence-corrected chi connectivity index (χ3v) is 2.22. The summed E-state index contributed by atoms with van der Waals surface area (Å²) < 4.78 is 5.41. The first-order valence-electron chi connectivity index (χ1n) is 5.14. The second-order valence-electron chi connectivity index (χ2n) is 3.43. The van der Waals surface area contributed by atoms with Crippen LogP contribution in [0.2, 0.25) is 0 Å². The van der Waals surface area contributed by atoms with Crippen LogP contribution >= 0.6 is 0 Å². The molecular formula is C12H10N2O4. The lowest BCUT2D eigenvalue weighted by atomic mass is 10.2. The quantitative estimate of drug-likeness (QED) is 0.848. The van der Waals surface area contributed by atoms with Gasteiger partial charge in [0, 0.05) is 11.6 Å². The van der Waals surface area contributed by atoms with Crippen molar-refractivity contribution in [3.63, 3.8) is 0 Å². The molecule has 1 aromatic heterocycles. The van der Waals surface area contributed by atoms with Crippen molar-refractivity contribution in [3.8, 4) is 11.6 Å². The van der Waals surface area contributed by atoms with Gasteiger partial charge in [-0.3, -0.25) is 0 Å². The van der Waals surface area contributed by atoms with Gasteiger partial charge in [0.2, 0.25) is 5.88 Å². The minimum Gasteiger partial charge on any atom is -0.476 e. The number of carboxylic acid groups (broad SMARTS) is 1. The maximum absolute atomic E-state index is 10.6. The highest BCUT2D eigenvalue weighted by Gasteiger charge is 2.07. The molecule has 0 bridgehead atoms. The van der Waals surface area contributed by atoms with Gasteiger partial charge >= 0.3 is 5.97 Å². The van der Waals surface area contributed by atoms with E-state index in [2.05, 4.69) is 10.2 Å². The molecule has 0 aliphatic rings. The molecule has 6 heteroatoms. The third-order valence-electron chi connectivity index (χ3n) is 2.22. The number of aliphatic hydroxyl groups excluding tert-OH is 1. The van der Waals surface area contributed by atoms with Crippen molar-refractivity contribution >= 4 is 5.97 Å². The van der Waals surface area contributed by atoms with Gasteiger partial charge in [0.15, 0.2) is 5.69 Å². The van der Waals surface area contributed by atoms with Crippen molar-refractivity contribution in [3.05, 3.63) is 47.7 Å². The van der Waals surface area contributed by atoms with Gasteiger partial charge in [-0.1, -0.05) is 18.2 Å². The highest BCUT2D eigenvalue weighted by atomic mass is 16.5. The van der Waals surface area contributed by atoms with Crippen LogP contribution in [0.5, 0.6) is 11.6 Å². The summed E-state index contributed by atoms with van der Waals surface area (Å²) in [6, 6.07) is 9.63. The van der Waals surface area contributed by atoms with Crippen molar-refractivity contribution < 1.29 is 19.7 Å². The Labute approximate surface area is 102 Å². The standard InChI is InChI=1S/C12H10N2O4/c15-7-8-3-1-2-4-10(8)18-11-6-5-9(12(16)17)13-14-11/h1-6,15H,7H2,(H,16,17). The Kier molecular flexibility index (Phi) is 3.49. The largest absolute Gasteiger partial charge is 0.476 e. The second kappa shape index (κ2) is 5.24. The van der Waals surface area contributed by atoms with Crippen molar-refractivity contribution in [2.75, 3.05) is 0 Å². The van der Waals surface area contributed by atoms with Crippen LogP contribution in [-0.2, 0) is 6.61 Å². The van der Waals surface area contributed by atoms with Gasteiger partial charge in [0.1, 0.15) is 5.75 Å². The molecule has 2 N–H and O–H groups in total. The lowest BCUT2D eigenvalue weighted by molar-refractivity contribution is 0.0689. The molecule has 0 unspecified atom stereocenters. The Bertz CT molecular complexity index is 554. The summed E-state index contributed by atoms with van der Waals surface area (Å²) >= 11 is 0. The van der Waals surface area contributed by atoms with Gasteiger partial charge in [-0.15, -0.1) is 10.2 Å². The smallest absolute Gasteiger partial charge is 0.356 e. The number of carbonyl (C=O) groups is 1. The molecule has 18 heavy (non-hydrogen) atoms. The molecule has 92 valence electrons.